The molecule has 0 bridgehead atoms. The van der Waals surface area contributed by atoms with Crippen molar-refractivity contribution in [3.8, 4) is 0 Å². The van der Waals surface area contributed by atoms with Crippen LogP contribution < -0.4 is 10.6 Å². The number of hydrogen-bond acceptors (Lipinski definition) is 3. The first kappa shape index (κ1) is 18.0. The summed E-state index contributed by atoms with van der Waals surface area (Å²) in [6.45, 7) is 7.23. The second-order valence-corrected chi connectivity index (χ2v) is 7.68. The highest BCUT2D eigenvalue weighted by atomic mass is 16.4. The summed E-state index contributed by atoms with van der Waals surface area (Å²) in [5, 5.41) is 15.1. The molecule has 2 saturated carbocycles. The molecule has 0 radical (unpaired) electrons. The zero-order chi connectivity index (χ0) is 17.0. The molecule has 0 aliphatic heterocycles. The smallest absolute Gasteiger partial charge is 0.317 e. The number of carbonyl (C=O) groups excluding carboxylic acids is 1. The Kier molecular flexibility index (Phi) is 5.89. The number of nitrogens with one attached hydrogen (secondary N) is 2. The topological polar surface area (TPSA) is 81.7 Å². The van der Waals surface area contributed by atoms with E-state index in [4.69, 9.17) is 5.11 Å². The average molecular weight is 325 g/mol. The van der Waals surface area contributed by atoms with Crippen LogP contribution in [0, 0.1) is 5.41 Å². The molecule has 2 fully saturated rings. The van der Waals surface area contributed by atoms with E-state index in [-0.39, 0.29) is 36.1 Å². The number of rotatable bonds is 6. The lowest BCUT2D eigenvalue weighted by molar-refractivity contribution is -0.139. The second-order valence-electron chi connectivity index (χ2n) is 7.68. The average Bonchev–Trinajstić information content (AvgIpc) is 2.42. The molecule has 2 rings (SSSR count). The largest absolute Gasteiger partial charge is 0.480 e. The Hall–Kier alpha value is -1.30. The molecular weight excluding hydrogens is 294 g/mol. The molecule has 6 nitrogen and oxygen atoms in total. The number of carboxylic acids is 1. The molecule has 2 aliphatic carbocycles. The molecule has 132 valence electrons. The Morgan fingerprint density at radius 1 is 1.22 bits per heavy atom. The van der Waals surface area contributed by atoms with Crippen LogP contribution >= 0.6 is 0 Å². The van der Waals surface area contributed by atoms with Crippen LogP contribution in [0.1, 0.15) is 59.3 Å². The second kappa shape index (κ2) is 7.51. The maximum Gasteiger partial charge on any atom is 0.317 e. The highest BCUT2D eigenvalue weighted by Crippen LogP contribution is 2.35. The number of carbonyl (C=O) groups is 2. The van der Waals surface area contributed by atoms with Gasteiger partial charge in [-0.25, -0.2) is 4.79 Å². The van der Waals surface area contributed by atoms with Gasteiger partial charge in [-0.3, -0.25) is 9.69 Å². The van der Waals surface area contributed by atoms with Crippen LogP contribution in [0.15, 0.2) is 0 Å². The van der Waals surface area contributed by atoms with Crippen molar-refractivity contribution in [2.45, 2.75) is 77.4 Å². The van der Waals surface area contributed by atoms with E-state index in [0.29, 0.717) is 0 Å². The van der Waals surface area contributed by atoms with E-state index >= 15 is 0 Å². The summed E-state index contributed by atoms with van der Waals surface area (Å²) in [6.07, 6.45) is 6.30. The van der Waals surface area contributed by atoms with Crippen molar-refractivity contribution in [2.75, 3.05) is 13.1 Å². The van der Waals surface area contributed by atoms with Crippen molar-refractivity contribution in [2.24, 2.45) is 5.41 Å². The van der Waals surface area contributed by atoms with Gasteiger partial charge in [0, 0.05) is 18.1 Å². The van der Waals surface area contributed by atoms with Gasteiger partial charge < -0.3 is 15.7 Å². The molecule has 0 aromatic rings. The van der Waals surface area contributed by atoms with Gasteiger partial charge in [0.2, 0.25) is 0 Å². The van der Waals surface area contributed by atoms with Crippen molar-refractivity contribution in [3.63, 3.8) is 0 Å². The number of likely N-dealkylation sites (N-methyl/N-ethyl adjacent to an activating group) is 1. The lowest BCUT2D eigenvalue weighted by Gasteiger charge is -2.43. The summed E-state index contributed by atoms with van der Waals surface area (Å²) in [4.78, 5) is 25.0. The first-order chi connectivity index (χ1) is 10.8. The summed E-state index contributed by atoms with van der Waals surface area (Å²) < 4.78 is 0. The molecule has 0 spiro atoms. The first-order valence-corrected chi connectivity index (χ1v) is 8.84. The normalized spacial score (nSPS) is 29.7. The number of urea groups is 1. The number of hydrogen-bond donors (Lipinski definition) is 3. The molecule has 0 aromatic heterocycles. The molecule has 0 aromatic carbocycles. The van der Waals surface area contributed by atoms with Gasteiger partial charge in [-0.1, -0.05) is 33.6 Å². The molecule has 6 heteroatoms. The van der Waals surface area contributed by atoms with Gasteiger partial charge in [-0.2, -0.15) is 0 Å². The lowest BCUT2D eigenvalue weighted by Crippen LogP contribution is -2.58. The minimum Gasteiger partial charge on any atom is -0.480 e. The molecular formula is C17H31N3O3. The predicted octanol–water partition coefficient (Wildman–Crippen LogP) is 2.19. The fraction of sp³-hybridized carbons (Fsp3) is 0.882. The third-order valence-electron chi connectivity index (χ3n) is 5.52. The molecule has 1 atom stereocenters. The Labute approximate surface area is 139 Å². The molecule has 2 aliphatic rings. The van der Waals surface area contributed by atoms with E-state index in [9.17, 15) is 9.59 Å². The van der Waals surface area contributed by atoms with Gasteiger partial charge in [0.15, 0.2) is 0 Å². The zero-order valence-corrected chi connectivity index (χ0v) is 14.6. The fourth-order valence-electron chi connectivity index (χ4n) is 3.82. The van der Waals surface area contributed by atoms with E-state index < -0.39 is 5.97 Å². The van der Waals surface area contributed by atoms with E-state index in [1.165, 1.54) is 12.8 Å². The summed E-state index contributed by atoms with van der Waals surface area (Å²) in [5.41, 5.74) is 0.165. The van der Waals surface area contributed by atoms with E-state index in [2.05, 4.69) is 24.5 Å². The Morgan fingerprint density at radius 2 is 1.91 bits per heavy atom. The number of aliphatic carboxylic acids is 1. The van der Waals surface area contributed by atoms with Crippen molar-refractivity contribution in [1.82, 2.24) is 15.5 Å². The summed E-state index contributed by atoms with van der Waals surface area (Å²) in [7, 11) is 0. The number of carboxylic acid groups (broad SMARTS) is 1. The first-order valence-electron chi connectivity index (χ1n) is 8.84. The molecule has 0 heterocycles. The van der Waals surface area contributed by atoms with Crippen molar-refractivity contribution >= 4 is 12.0 Å². The van der Waals surface area contributed by atoms with E-state index in [1.807, 2.05) is 11.8 Å². The maximum atomic E-state index is 12.2. The monoisotopic (exact) mass is 325 g/mol. The third kappa shape index (κ3) is 4.83. The Balaban J connectivity index is 1.72. The Morgan fingerprint density at radius 3 is 2.48 bits per heavy atom. The van der Waals surface area contributed by atoms with Crippen molar-refractivity contribution < 1.29 is 14.7 Å². The van der Waals surface area contributed by atoms with Crippen LogP contribution in [0.5, 0.6) is 0 Å². The number of amides is 2. The van der Waals surface area contributed by atoms with Crippen LogP contribution in [0.2, 0.25) is 0 Å². The SMILES string of the molecule is CCN(CC(=O)O)C1CC(NC(=O)NC2CCCCC2(C)C)C1. The van der Waals surface area contributed by atoms with E-state index in [1.54, 1.807) is 0 Å². The van der Waals surface area contributed by atoms with Gasteiger partial charge in [0.1, 0.15) is 0 Å². The van der Waals surface area contributed by atoms with Gasteiger partial charge in [-0.15, -0.1) is 0 Å². The zero-order valence-electron chi connectivity index (χ0n) is 14.6. The van der Waals surface area contributed by atoms with Crippen LogP contribution in [0.25, 0.3) is 0 Å². The summed E-state index contributed by atoms with van der Waals surface area (Å²) in [6, 6.07) is 0.600. The van der Waals surface area contributed by atoms with Crippen LogP contribution in [-0.4, -0.2) is 53.2 Å². The van der Waals surface area contributed by atoms with Crippen molar-refractivity contribution in [1.29, 1.82) is 0 Å². The highest BCUT2D eigenvalue weighted by molar-refractivity contribution is 5.75. The van der Waals surface area contributed by atoms with Gasteiger partial charge in [0.25, 0.3) is 0 Å². The lowest BCUT2D eigenvalue weighted by atomic mass is 9.73. The Bertz CT molecular complexity index is 433. The van der Waals surface area contributed by atoms with Gasteiger partial charge in [-0.05, 0) is 37.6 Å². The molecule has 23 heavy (non-hydrogen) atoms. The van der Waals surface area contributed by atoms with Crippen LogP contribution in [0.4, 0.5) is 4.79 Å². The quantitative estimate of drug-likeness (QED) is 0.699. The van der Waals surface area contributed by atoms with Crippen LogP contribution in [0.3, 0.4) is 0 Å². The highest BCUT2D eigenvalue weighted by Gasteiger charge is 2.36. The predicted molar refractivity (Wildman–Crippen MR) is 89.4 cm³/mol. The fourth-order valence-corrected chi connectivity index (χ4v) is 3.82. The molecule has 2 amide bonds. The maximum absolute atomic E-state index is 12.2. The van der Waals surface area contributed by atoms with Crippen molar-refractivity contribution in [3.05, 3.63) is 0 Å². The third-order valence-corrected chi connectivity index (χ3v) is 5.52. The standard InChI is InChI=1S/C17H31N3O3/c1-4-20(11-15(21)22)13-9-12(10-13)18-16(23)19-14-7-5-6-8-17(14,2)3/h12-14H,4-11H2,1-3H3,(H,21,22)(H2,18,19,23). The minimum atomic E-state index is -0.791. The molecule has 3 N–H and O–H groups in total. The van der Waals surface area contributed by atoms with Crippen LogP contribution in [-0.2, 0) is 4.79 Å². The van der Waals surface area contributed by atoms with Gasteiger partial charge in [0.05, 0.1) is 6.54 Å². The van der Waals surface area contributed by atoms with Gasteiger partial charge >= 0.3 is 12.0 Å². The summed E-state index contributed by atoms with van der Waals surface area (Å²) >= 11 is 0. The molecule has 1 unspecified atom stereocenters. The van der Waals surface area contributed by atoms with E-state index in [0.717, 1.165) is 32.2 Å². The molecule has 0 saturated heterocycles. The number of nitrogens with zero attached hydrogens (tertiary/aromatic N) is 1. The summed E-state index contributed by atoms with van der Waals surface area (Å²) in [5.74, 6) is -0.791. The minimum absolute atomic E-state index is 0.0743.